The number of fused-ring (bicyclic) bond motifs is 1. The summed E-state index contributed by atoms with van der Waals surface area (Å²) in [7, 11) is 0. The average molecular weight is 295 g/mol. The van der Waals surface area contributed by atoms with Gasteiger partial charge in [0.1, 0.15) is 4.60 Å². The lowest BCUT2D eigenvalue weighted by molar-refractivity contribution is 0.492. The number of halogens is 1. The third-order valence-electron chi connectivity index (χ3n) is 3.38. The number of hydrogen-bond donors (Lipinski definition) is 1. The minimum Gasteiger partial charge on any atom is -0.362 e. The van der Waals surface area contributed by atoms with E-state index in [1.807, 2.05) is 16.8 Å². The van der Waals surface area contributed by atoms with Crippen molar-refractivity contribution in [1.29, 1.82) is 0 Å². The molecule has 1 aliphatic rings. The van der Waals surface area contributed by atoms with Gasteiger partial charge in [0, 0.05) is 24.1 Å². The molecule has 0 unspecified atom stereocenters. The molecule has 2 heterocycles. The van der Waals surface area contributed by atoms with E-state index >= 15 is 0 Å². The van der Waals surface area contributed by atoms with Gasteiger partial charge in [-0.3, -0.25) is 0 Å². The first-order valence-electron chi connectivity index (χ1n) is 5.84. The SMILES string of the molecule is CC(C)(Nc1nc(Br)cn2ccnc12)C1CC1. The first-order chi connectivity index (χ1) is 8.06. The standard InChI is InChI=1S/C12H15BrN4/c1-12(2,8-3-4-8)16-10-11-14-5-6-17(11)7-9(13)15-10/h5-8H,3-4H2,1-2H3,(H,15,16). The van der Waals surface area contributed by atoms with Crippen LogP contribution in [-0.2, 0) is 0 Å². The Morgan fingerprint density at radius 1 is 1.47 bits per heavy atom. The number of imidazole rings is 1. The molecule has 2 aromatic heterocycles. The molecule has 0 aliphatic heterocycles. The van der Waals surface area contributed by atoms with Crippen molar-refractivity contribution < 1.29 is 0 Å². The number of rotatable bonds is 3. The summed E-state index contributed by atoms with van der Waals surface area (Å²) >= 11 is 3.43. The van der Waals surface area contributed by atoms with E-state index in [4.69, 9.17) is 0 Å². The second-order valence-electron chi connectivity index (χ2n) is 5.19. The average Bonchev–Trinajstić information content (AvgIpc) is 2.99. The fourth-order valence-electron chi connectivity index (χ4n) is 2.20. The van der Waals surface area contributed by atoms with Crippen molar-refractivity contribution >= 4 is 27.4 Å². The Labute approximate surface area is 109 Å². The minimum atomic E-state index is 0.0836. The zero-order valence-electron chi connectivity index (χ0n) is 9.94. The van der Waals surface area contributed by atoms with Crippen molar-refractivity contribution in [3.8, 4) is 0 Å². The van der Waals surface area contributed by atoms with Gasteiger partial charge in [0.2, 0.25) is 0 Å². The second kappa shape index (κ2) is 3.70. The molecule has 17 heavy (non-hydrogen) atoms. The van der Waals surface area contributed by atoms with Crippen molar-refractivity contribution in [1.82, 2.24) is 14.4 Å². The zero-order chi connectivity index (χ0) is 12.0. The van der Waals surface area contributed by atoms with Crippen LogP contribution in [0.4, 0.5) is 5.82 Å². The monoisotopic (exact) mass is 294 g/mol. The molecule has 0 radical (unpaired) electrons. The van der Waals surface area contributed by atoms with Gasteiger partial charge >= 0.3 is 0 Å². The van der Waals surface area contributed by atoms with Gasteiger partial charge in [-0.15, -0.1) is 0 Å². The molecule has 90 valence electrons. The van der Waals surface area contributed by atoms with Crippen LogP contribution in [0.1, 0.15) is 26.7 Å². The summed E-state index contributed by atoms with van der Waals surface area (Å²) in [6.07, 6.45) is 8.24. The van der Waals surface area contributed by atoms with Gasteiger partial charge < -0.3 is 9.72 Å². The largest absolute Gasteiger partial charge is 0.362 e. The molecule has 0 amide bonds. The summed E-state index contributed by atoms with van der Waals surface area (Å²) in [6.45, 7) is 4.46. The summed E-state index contributed by atoms with van der Waals surface area (Å²) in [5.74, 6) is 1.60. The molecule has 3 rings (SSSR count). The van der Waals surface area contributed by atoms with Gasteiger partial charge in [-0.2, -0.15) is 0 Å². The van der Waals surface area contributed by atoms with Crippen LogP contribution < -0.4 is 5.32 Å². The lowest BCUT2D eigenvalue weighted by atomic mass is 9.99. The van der Waals surface area contributed by atoms with Gasteiger partial charge in [0.15, 0.2) is 11.5 Å². The Kier molecular flexibility index (Phi) is 2.40. The molecule has 5 heteroatoms. The van der Waals surface area contributed by atoms with Crippen molar-refractivity contribution in [2.24, 2.45) is 5.92 Å². The topological polar surface area (TPSA) is 42.2 Å². The molecule has 1 aliphatic carbocycles. The summed E-state index contributed by atoms with van der Waals surface area (Å²) < 4.78 is 2.79. The third kappa shape index (κ3) is 2.04. The first kappa shape index (κ1) is 11.0. The van der Waals surface area contributed by atoms with Crippen LogP contribution >= 0.6 is 15.9 Å². The summed E-state index contributed by atoms with van der Waals surface area (Å²) in [4.78, 5) is 8.83. The Hall–Kier alpha value is -1.10. The summed E-state index contributed by atoms with van der Waals surface area (Å²) in [5, 5.41) is 3.53. The van der Waals surface area contributed by atoms with Crippen LogP contribution in [0.2, 0.25) is 0 Å². The van der Waals surface area contributed by atoms with E-state index in [9.17, 15) is 0 Å². The van der Waals surface area contributed by atoms with E-state index in [0.29, 0.717) is 0 Å². The van der Waals surface area contributed by atoms with Crippen LogP contribution in [0, 0.1) is 5.92 Å². The van der Waals surface area contributed by atoms with Crippen molar-refractivity contribution in [3.05, 3.63) is 23.2 Å². The number of hydrogen-bond acceptors (Lipinski definition) is 3. The molecule has 0 atom stereocenters. The zero-order valence-corrected chi connectivity index (χ0v) is 11.5. The first-order valence-corrected chi connectivity index (χ1v) is 6.63. The maximum atomic E-state index is 4.49. The van der Waals surface area contributed by atoms with E-state index in [0.717, 1.165) is 22.0 Å². The quantitative estimate of drug-likeness (QED) is 0.946. The number of anilines is 1. The summed E-state index contributed by atoms with van der Waals surface area (Å²) in [5.41, 5.74) is 0.960. The Morgan fingerprint density at radius 2 is 2.24 bits per heavy atom. The molecule has 1 saturated carbocycles. The van der Waals surface area contributed by atoms with Crippen molar-refractivity contribution in [2.45, 2.75) is 32.2 Å². The minimum absolute atomic E-state index is 0.0836. The predicted molar refractivity (Wildman–Crippen MR) is 71.1 cm³/mol. The molecular weight excluding hydrogens is 280 g/mol. The molecule has 4 nitrogen and oxygen atoms in total. The highest BCUT2D eigenvalue weighted by Gasteiger charge is 2.38. The highest BCUT2D eigenvalue weighted by Crippen LogP contribution is 2.41. The van der Waals surface area contributed by atoms with Gasteiger partial charge in [-0.05, 0) is 48.5 Å². The Balaban J connectivity index is 2.01. The van der Waals surface area contributed by atoms with E-state index < -0.39 is 0 Å². The van der Waals surface area contributed by atoms with Crippen LogP contribution in [0.5, 0.6) is 0 Å². The fraction of sp³-hybridized carbons (Fsp3) is 0.500. The van der Waals surface area contributed by atoms with Crippen LogP contribution in [0.25, 0.3) is 5.65 Å². The molecule has 0 spiro atoms. The normalized spacial score (nSPS) is 16.4. The molecule has 0 bridgehead atoms. The second-order valence-corrected chi connectivity index (χ2v) is 6.00. The fourth-order valence-corrected chi connectivity index (χ4v) is 2.60. The maximum Gasteiger partial charge on any atom is 0.180 e. The lowest BCUT2D eigenvalue weighted by Gasteiger charge is -2.27. The van der Waals surface area contributed by atoms with E-state index in [1.54, 1.807) is 6.20 Å². The number of nitrogens with zero attached hydrogens (tertiary/aromatic N) is 3. The van der Waals surface area contributed by atoms with Gasteiger partial charge in [-0.25, -0.2) is 9.97 Å². The van der Waals surface area contributed by atoms with Crippen molar-refractivity contribution in [2.75, 3.05) is 5.32 Å². The van der Waals surface area contributed by atoms with Gasteiger partial charge in [-0.1, -0.05) is 0 Å². The molecule has 1 N–H and O–H groups in total. The number of nitrogens with one attached hydrogen (secondary N) is 1. The number of aromatic nitrogens is 3. The smallest absolute Gasteiger partial charge is 0.180 e. The maximum absolute atomic E-state index is 4.49. The van der Waals surface area contributed by atoms with Gasteiger partial charge in [0.05, 0.1) is 0 Å². The molecule has 2 aromatic rings. The van der Waals surface area contributed by atoms with Gasteiger partial charge in [0.25, 0.3) is 0 Å². The van der Waals surface area contributed by atoms with Crippen LogP contribution in [-0.4, -0.2) is 19.9 Å². The van der Waals surface area contributed by atoms with Crippen LogP contribution in [0.15, 0.2) is 23.2 Å². The van der Waals surface area contributed by atoms with Crippen molar-refractivity contribution in [3.63, 3.8) is 0 Å². The Morgan fingerprint density at radius 3 is 2.94 bits per heavy atom. The summed E-state index contributed by atoms with van der Waals surface area (Å²) in [6, 6.07) is 0. The van der Waals surface area contributed by atoms with Crippen LogP contribution in [0.3, 0.4) is 0 Å². The molecular formula is C12H15BrN4. The molecule has 0 saturated heterocycles. The highest BCUT2D eigenvalue weighted by molar-refractivity contribution is 9.10. The van der Waals surface area contributed by atoms with E-state index in [-0.39, 0.29) is 5.54 Å². The molecule has 0 aromatic carbocycles. The predicted octanol–water partition coefficient (Wildman–Crippen LogP) is 3.09. The highest BCUT2D eigenvalue weighted by atomic mass is 79.9. The lowest BCUT2D eigenvalue weighted by Crippen LogP contribution is -2.34. The third-order valence-corrected chi connectivity index (χ3v) is 3.77. The molecule has 1 fully saturated rings. The van der Waals surface area contributed by atoms with E-state index in [1.165, 1.54) is 12.8 Å². The Bertz CT molecular complexity index is 557. The van der Waals surface area contributed by atoms with E-state index in [2.05, 4.69) is 45.1 Å².